The number of ether oxygens (including phenoxy) is 1. The van der Waals surface area contributed by atoms with Gasteiger partial charge in [-0.1, -0.05) is 6.92 Å². The van der Waals surface area contributed by atoms with E-state index >= 15 is 0 Å². The number of likely N-dealkylation sites (N-methyl/N-ethyl adjacent to an activating group) is 1. The highest BCUT2D eigenvalue weighted by Gasteiger charge is 2.23. The Morgan fingerprint density at radius 2 is 2.00 bits per heavy atom. The first-order valence-electron chi connectivity index (χ1n) is 6.47. The topological polar surface area (TPSA) is 24.5 Å². The molecule has 1 unspecified atom stereocenters. The largest absolute Gasteiger partial charge is 0.374 e. The van der Waals surface area contributed by atoms with Crippen molar-refractivity contribution in [2.24, 2.45) is 0 Å². The van der Waals surface area contributed by atoms with Gasteiger partial charge >= 0.3 is 0 Å². The predicted molar refractivity (Wildman–Crippen MR) is 62.1 cm³/mol. The first-order chi connectivity index (χ1) is 7.38. The summed E-state index contributed by atoms with van der Waals surface area (Å²) in [6.45, 7) is 8.10. The van der Waals surface area contributed by atoms with E-state index in [0.717, 1.165) is 19.6 Å². The smallest absolute Gasteiger partial charge is 0.0706 e. The third-order valence-electron chi connectivity index (χ3n) is 3.58. The minimum absolute atomic E-state index is 0.502. The molecular formula is C12H24N2O. The fourth-order valence-corrected chi connectivity index (χ4v) is 2.62. The lowest BCUT2D eigenvalue weighted by Crippen LogP contribution is -2.43. The predicted octanol–water partition coefficient (Wildman–Crippen LogP) is 1.24. The number of nitrogens with zero attached hydrogens (tertiary/aromatic N) is 1. The van der Waals surface area contributed by atoms with Crippen LogP contribution in [0.1, 0.15) is 32.6 Å². The Hall–Kier alpha value is -0.120. The molecule has 2 aliphatic heterocycles. The zero-order chi connectivity index (χ0) is 10.5. The quantitative estimate of drug-likeness (QED) is 0.762. The first-order valence-corrected chi connectivity index (χ1v) is 6.47. The van der Waals surface area contributed by atoms with Gasteiger partial charge in [-0.25, -0.2) is 0 Å². The van der Waals surface area contributed by atoms with Crippen molar-refractivity contribution in [2.45, 2.75) is 44.8 Å². The molecular weight excluding hydrogens is 188 g/mol. The van der Waals surface area contributed by atoms with Crippen LogP contribution < -0.4 is 5.32 Å². The number of nitrogens with one attached hydrogen (secondary N) is 1. The molecule has 0 aliphatic carbocycles. The Balaban J connectivity index is 1.72. The Bertz CT molecular complexity index is 180. The lowest BCUT2D eigenvalue weighted by molar-refractivity contribution is -0.0572. The van der Waals surface area contributed by atoms with E-state index in [9.17, 15) is 0 Å². The number of hydrogen-bond donors (Lipinski definition) is 1. The van der Waals surface area contributed by atoms with E-state index < -0.39 is 0 Å². The third-order valence-corrected chi connectivity index (χ3v) is 3.58. The molecule has 0 aromatic heterocycles. The van der Waals surface area contributed by atoms with Crippen molar-refractivity contribution in [1.82, 2.24) is 10.2 Å². The second kappa shape index (κ2) is 5.83. The molecule has 0 bridgehead atoms. The van der Waals surface area contributed by atoms with E-state index in [4.69, 9.17) is 4.74 Å². The molecule has 3 heteroatoms. The summed E-state index contributed by atoms with van der Waals surface area (Å²) in [6.07, 6.45) is 5.99. The molecule has 88 valence electrons. The summed E-state index contributed by atoms with van der Waals surface area (Å²) < 4.78 is 6.18. The van der Waals surface area contributed by atoms with Crippen LogP contribution in [0.2, 0.25) is 0 Å². The summed E-state index contributed by atoms with van der Waals surface area (Å²) in [5.41, 5.74) is 0. The lowest BCUT2D eigenvalue weighted by Gasteiger charge is -2.35. The Morgan fingerprint density at radius 1 is 1.20 bits per heavy atom. The van der Waals surface area contributed by atoms with Crippen LogP contribution in [0.25, 0.3) is 0 Å². The first kappa shape index (κ1) is 11.4. The van der Waals surface area contributed by atoms with Crippen LogP contribution in [0.15, 0.2) is 0 Å². The number of rotatable bonds is 3. The lowest BCUT2D eigenvalue weighted by atomic mass is 10.1. The van der Waals surface area contributed by atoms with Gasteiger partial charge in [0.25, 0.3) is 0 Å². The number of likely N-dealkylation sites (tertiary alicyclic amines) is 1. The fraction of sp³-hybridized carbons (Fsp3) is 1.00. The van der Waals surface area contributed by atoms with Crippen LogP contribution in [0.5, 0.6) is 0 Å². The van der Waals surface area contributed by atoms with Crippen LogP contribution in [0.3, 0.4) is 0 Å². The van der Waals surface area contributed by atoms with Gasteiger partial charge in [0.15, 0.2) is 0 Å². The van der Waals surface area contributed by atoms with E-state index in [2.05, 4.69) is 17.1 Å². The highest BCUT2D eigenvalue weighted by Crippen LogP contribution is 2.17. The molecule has 0 radical (unpaired) electrons. The molecule has 1 atom stereocenters. The van der Waals surface area contributed by atoms with Gasteiger partial charge in [0, 0.05) is 6.54 Å². The van der Waals surface area contributed by atoms with Gasteiger partial charge in [0.05, 0.1) is 12.2 Å². The average Bonchev–Trinajstić information content (AvgIpc) is 2.31. The molecule has 0 saturated carbocycles. The summed E-state index contributed by atoms with van der Waals surface area (Å²) in [4.78, 5) is 2.51. The molecule has 2 aliphatic rings. The van der Waals surface area contributed by atoms with Crippen molar-refractivity contribution >= 4 is 0 Å². The van der Waals surface area contributed by atoms with Crippen molar-refractivity contribution in [2.75, 3.05) is 32.7 Å². The van der Waals surface area contributed by atoms with E-state index in [-0.39, 0.29) is 0 Å². The van der Waals surface area contributed by atoms with Crippen molar-refractivity contribution < 1.29 is 4.74 Å². The molecule has 0 amide bonds. The summed E-state index contributed by atoms with van der Waals surface area (Å²) >= 11 is 0. The van der Waals surface area contributed by atoms with E-state index in [0.29, 0.717) is 12.2 Å². The maximum absolute atomic E-state index is 6.18. The third kappa shape index (κ3) is 3.44. The summed E-state index contributed by atoms with van der Waals surface area (Å²) in [5.74, 6) is 0. The van der Waals surface area contributed by atoms with E-state index in [1.807, 2.05) is 0 Å². The highest BCUT2D eigenvalue weighted by atomic mass is 16.5. The zero-order valence-electron chi connectivity index (χ0n) is 9.87. The van der Waals surface area contributed by atoms with Gasteiger partial charge in [-0.2, -0.15) is 0 Å². The summed E-state index contributed by atoms with van der Waals surface area (Å²) in [5, 5.41) is 3.38. The van der Waals surface area contributed by atoms with E-state index in [1.165, 1.54) is 38.8 Å². The monoisotopic (exact) mass is 212 g/mol. The van der Waals surface area contributed by atoms with Gasteiger partial charge < -0.3 is 15.0 Å². The molecule has 1 N–H and O–H groups in total. The molecule has 0 spiro atoms. The normalized spacial score (nSPS) is 30.6. The Labute approximate surface area is 93.2 Å². The minimum atomic E-state index is 0.502. The molecule has 2 heterocycles. The number of hydrogen-bond acceptors (Lipinski definition) is 3. The molecule has 2 rings (SSSR count). The molecule has 3 nitrogen and oxygen atoms in total. The molecule has 15 heavy (non-hydrogen) atoms. The van der Waals surface area contributed by atoms with Crippen molar-refractivity contribution in [3.63, 3.8) is 0 Å². The van der Waals surface area contributed by atoms with Gasteiger partial charge in [0.1, 0.15) is 0 Å². The van der Waals surface area contributed by atoms with Gasteiger partial charge in [-0.3, -0.25) is 0 Å². The van der Waals surface area contributed by atoms with Crippen molar-refractivity contribution in [3.8, 4) is 0 Å². The molecule has 2 fully saturated rings. The second-order valence-electron chi connectivity index (χ2n) is 4.74. The van der Waals surface area contributed by atoms with Crippen LogP contribution in [-0.2, 0) is 4.74 Å². The second-order valence-corrected chi connectivity index (χ2v) is 4.74. The van der Waals surface area contributed by atoms with Crippen LogP contribution >= 0.6 is 0 Å². The summed E-state index contributed by atoms with van der Waals surface area (Å²) in [6, 6.07) is 0. The Morgan fingerprint density at radius 3 is 2.73 bits per heavy atom. The van der Waals surface area contributed by atoms with E-state index in [1.54, 1.807) is 0 Å². The standard InChI is InChI=1S/C12H24N2O/c1-2-14-9-3-4-12(10-14)15-11-5-7-13-8-6-11/h11-13H,2-10H2,1H3. The van der Waals surface area contributed by atoms with Crippen molar-refractivity contribution in [1.29, 1.82) is 0 Å². The Kier molecular flexibility index (Phi) is 4.42. The van der Waals surface area contributed by atoms with Gasteiger partial charge in [-0.15, -0.1) is 0 Å². The average molecular weight is 212 g/mol. The van der Waals surface area contributed by atoms with Crippen LogP contribution in [0.4, 0.5) is 0 Å². The highest BCUT2D eigenvalue weighted by molar-refractivity contribution is 4.76. The number of piperidine rings is 2. The minimum Gasteiger partial charge on any atom is -0.374 e. The molecule has 0 aromatic rings. The van der Waals surface area contributed by atoms with Crippen LogP contribution in [-0.4, -0.2) is 49.8 Å². The summed E-state index contributed by atoms with van der Waals surface area (Å²) in [7, 11) is 0. The molecule has 0 aromatic carbocycles. The maximum Gasteiger partial charge on any atom is 0.0706 e. The zero-order valence-corrected chi connectivity index (χ0v) is 9.87. The van der Waals surface area contributed by atoms with Crippen LogP contribution in [0, 0.1) is 0 Å². The van der Waals surface area contributed by atoms with Gasteiger partial charge in [0.2, 0.25) is 0 Å². The van der Waals surface area contributed by atoms with Crippen molar-refractivity contribution in [3.05, 3.63) is 0 Å². The molecule has 2 saturated heterocycles. The SMILES string of the molecule is CCN1CCCC(OC2CCNCC2)C1. The maximum atomic E-state index is 6.18. The fourth-order valence-electron chi connectivity index (χ4n) is 2.62. The van der Waals surface area contributed by atoms with Gasteiger partial charge in [-0.05, 0) is 51.9 Å².